The summed E-state index contributed by atoms with van der Waals surface area (Å²) in [7, 11) is -3.15. The minimum atomic E-state index is -3.15. The summed E-state index contributed by atoms with van der Waals surface area (Å²) < 4.78 is 49.9. The number of nitrogens with zero attached hydrogens (tertiary/aromatic N) is 1. The van der Waals surface area contributed by atoms with E-state index in [2.05, 4.69) is 0 Å². The molecule has 2 aliphatic heterocycles. The molecule has 2 heterocycles. The Balaban J connectivity index is 2.02. The molecular weight excluding hydrogens is 294 g/mol. The molecule has 102 valence electrons. The summed E-state index contributed by atoms with van der Waals surface area (Å²) in [6.07, 6.45) is 0. The summed E-state index contributed by atoms with van der Waals surface area (Å²) in [6, 6.07) is 2.65. The summed E-state index contributed by atoms with van der Waals surface area (Å²) in [6.45, 7) is 0. The topological polar surface area (TPSA) is 61.2 Å². The minimum Gasteiger partial charge on any atom is -0.313 e. The number of nitrogens with one attached hydrogen (secondary N) is 1. The van der Waals surface area contributed by atoms with E-state index in [1.54, 1.807) is 0 Å². The maximum atomic E-state index is 13.8. The van der Waals surface area contributed by atoms with Crippen molar-refractivity contribution in [3.05, 3.63) is 29.8 Å². The van der Waals surface area contributed by atoms with Crippen molar-refractivity contribution in [2.24, 2.45) is 0 Å². The largest absolute Gasteiger partial charge is 0.313 e. The maximum absolute atomic E-state index is 13.8. The molecule has 0 saturated carbocycles. The molecule has 0 unspecified atom stereocenters. The van der Waals surface area contributed by atoms with E-state index in [1.807, 2.05) is 0 Å². The van der Waals surface area contributed by atoms with Crippen molar-refractivity contribution in [2.75, 3.05) is 16.4 Å². The van der Waals surface area contributed by atoms with Crippen LogP contribution in [0.15, 0.2) is 18.2 Å². The number of hydrogen-bond donors (Lipinski definition) is 1. The van der Waals surface area contributed by atoms with Gasteiger partial charge in [0.15, 0.2) is 15.0 Å². The van der Waals surface area contributed by atoms with Gasteiger partial charge in [-0.1, -0.05) is 11.8 Å². The van der Waals surface area contributed by atoms with Crippen LogP contribution in [0, 0.1) is 17.0 Å². The Hall–Kier alpha value is -1.15. The van der Waals surface area contributed by atoms with E-state index in [0.29, 0.717) is 0 Å². The fraction of sp³-hybridized carbons (Fsp3) is 0.364. The SMILES string of the molecule is N=C1S[C@@H]2CS(=O)(=O)C[C@H]2N1c1ccc(F)cc1F. The Kier molecular flexibility index (Phi) is 2.82. The molecular formula is C11H10F2N2O2S2. The second-order valence-electron chi connectivity index (χ2n) is 4.57. The van der Waals surface area contributed by atoms with E-state index in [9.17, 15) is 17.2 Å². The first kappa shape index (κ1) is 12.9. The predicted octanol–water partition coefficient (Wildman–Crippen LogP) is 1.62. The molecule has 0 amide bonds. The van der Waals surface area contributed by atoms with Crippen LogP contribution in [-0.4, -0.2) is 36.4 Å². The Bertz CT molecular complexity index is 663. The molecule has 2 aliphatic rings. The zero-order chi connectivity index (χ0) is 13.8. The van der Waals surface area contributed by atoms with Gasteiger partial charge in [0.1, 0.15) is 11.6 Å². The van der Waals surface area contributed by atoms with Crippen LogP contribution in [-0.2, 0) is 9.84 Å². The quantitative estimate of drug-likeness (QED) is 0.856. The molecule has 1 aromatic carbocycles. The molecule has 2 saturated heterocycles. The third-order valence-electron chi connectivity index (χ3n) is 3.25. The number of hydrogen-bond acceptors (Lipinski definition) is 4. The lowest BCUT2D eigenvalue weighted by Crippen LogP contribution is -2.37. The molecule has 19 heavy (non-hydrogen) atoms. The Morgan fingerprint density at radius 3 is 2.74 bits per heavy atom. The fourth-order valence-corrected chi connectivity index (χ4v) is 6.25. The smallest absolute Gasteiger partial charge is 0.161 e. The van der Waals surface area contributed by atoms with E-state index < -0.39 is 27.5 Å². The maximum Gasteiger partial charge on any atom is 0.161 e. The normalized spacial score (nSPS) is 28.7. The average molecular weight is 304 g/mol. The second-order valence-corrected chi connectivity index (χ2v) is 7.95. The number of anilines is 1. The fourth-order valence-electron chi connectivity index (χ4n) is 2.47. The third kappa shape index (κ3) is 2.12. The minimum absolute atomic E-state index is 0.00400. The second kappa shape index (κ2) is 4.17. The molecule has 2 atom stereocenters. The molecule has 1 N–H and O–H groups in total. The van der Waals surface area contributed by atoms with Gasteiger partial charge in [0.2, 0.25) is 0 Å². The molecule has 0 aliphatic carbocycles. The van der Waals surface area contributed by atoms with Crippen molar-refractivity contribution in [3.8, 4) is 0 Å². The number of benzene rings is 1. The van der Waals surface area contributed by atoms with E-state index >= 15 is 0 Å². The molecule has 3 rings (SSSR count). The van der Waals surface area contributed by atoms with Gasteiger partial charge in [-0.3, -0.25) is 5.41 Å². The van der Waals surface area contributed by atoms with Crippen molar-refractivity contribution in [3.63, 3.8) is 0 Å². The van der Waals surface area contributed by atoms with Gasteiger partial charge in [0.05, 0.1) is 23.2 Å². The highest BCUT2D eigenvalue weighted by atomic mass is 32.2. The zero-order valence-electron chi connectivity index (χ0n) is 9.64. The third-order valence-corrected chi connectivity index (χ3v) is 6.39. The molecule has 0 bridgehead atoms. The average Bonchev–Trinajstić information content (AvgIpc) is 2.70. The van der Waals surface area contributed by atoms with Crippen LogP contribution in [0.1, 0.15) is 0 Å². The van der Waals surface area contributed by atoms with Gasteiger partial charge >= 0.3 is 0 Å². The van der Waals surface area contributed by atoms with Crippen LogP contribution in [0.4, 0.5) is 14.5 Å². The van der Waals surface area contributed by atoms with E-state index in [4.69, 9.17) is 5.41 Å². The molecule has 4 nitrogen and oxygen atoms in total. The standard InChI is InChI=1S/C11H10F2N2O2S2/c12-6-1-2-8(7(13)3-6)15-9-4-19(16,17)5-10(9)18-11(15)14/h1-3,9-10,14H,4-5H2/t9-,10-/m1/s1. The van der Waals surface area contributed by atoms with Crippen LogP contribution in [0.5, 0.6) is 0 Å². The van der Waals surface area contributed by atoms with E-state index in [1.165, 1.54) is 11.0 Å². The number of rotatable bonds is 1. The summed E-state index contributed by atoms with van der Waals surface area (Å²) in [5.41, 5.74) is 0.0588. The predicted molar refractivity (Wildman–Crippen MR) is 70.4 cm³/mol. The summed E-state index contributed by atoms with van der Waals surface area (Å²) in [5, 5.41) is 7.71. The van der Waals surface area contributed by atoms with Crippen LogP contribution in [0.25, 0.3) is 0 Å². The van der Waals surface area contributed by atoms with Crippen molar-refractivity contribution in [1.29, 1.82) is 5.41 Å². The van der Waals surface area contributed by atoms with Crippen LogP contribution < -0.4 is 4.90 Å². The molecule has 1 aromatic rings. The van der Waals surface area contributed by atoms with Gasteiger partial charge < -0.3 is 4.90 Å². The van der Waals surface area contributed by atoms with E-state index in [-0.39, 0.29) is 27.6 Å². The summed E-state index contributed by atoms with van der Waals surface area (Å²) in [5.74, 6) is -1.57. The Morgan fingerprint density at radius 2 is 2.05 bits per heavy atom. The van der Waals surface area contributed by atoms with Gasteiger partial charge in [0, 0.05) is 11.3 Å². The van der Waals surface area contributed by atoms with Crippen molar-refractivity contribution in [2.45, 2.75) is 11.3 Å². The number of fused-ring (bicyclic) bond motifs is 1. The lowest BCUT2D eigenvalue weighted by Gasteiger charge is -2.24. The number of thioether (sulfide) groups is 1. The first-order valence-corrected chi connectivity index (χ1v) is 8.27. The van der Waals surface area contributed by atoms with Crippen molar-refractivity contribution in [1.82, 2.24) is 0 Å². The highest BCUT2D eigenvalue weighted by molar-refractivity contribution is 8.15. The Labute approximate surface area is 113 Å². The zero-order valence-corrected chi connectivity index (χ0v) is 11.3. The van der Waals surface area contributed by atoms with Crippen molar-refractivity contribution < 1.29 is 17.2 Å². The Morgan fingerprint density at radius 1 is 1.32 bits per heavy atom. The first-order valence-electron chi connectivity index (χ1n) is 5.57. The van der Waals surface area contributed by atoms with Crippen molar-refractivity contribution >= 4 is 32.5 Å². The van der Waals surface area contributed by atoms with Gasteiger partial charge in [-0.2, -0.15) is 0 Å². The van der Waals surface area contributed by atoms with Crippen LogP contribution >= 0.6 is 11.8 Å². The molecule has 0 radical (unpaired) electrons. The molecule has 0 spiro atoms. The van der Waals surface area contributed by atoms with Gasteiger partial charge in [-0.05, 0) is 12.1 Å². The van der Waals surface area contributed by atoms with Crippen LogP contribution in [0.2, 0.25) is 0 Å². The lowest BCUT2D eigenvalue weighted by molar-refractivity contribution is 0.579. The summed E-state index contributed by atoms with van der Waals surface area (Å²) >= 11 is 1.12. The monoisotopic (exact) mass is 304 g/mol. The number of halogens is 2. The number of sulfone groups is 1. The van der Waals surface area contributed by atoms with Crippen LogP contribution in [0.3, 0.4) is 0 Å². The molecule has 2 fully saturated rings. The molecule has 8 heteroatoms. The van der Waals surface area contributed by atoms with Gasteiger partial charge in [-0.25, -0.2) is 17.2 Å². The highest BCUT2D eigenvalue weighted by Gasteiger charge is 2.49. The van der Waals surface area contributed by atoms with E-state index in [0.717, 1.165) is 23.9 Å². The summed E-state index contributed by atoms with van der Waals surface area (Å²) in [4.78, 5) is 1.36. The lowest BCUT2D eigenvalue weighted by atomic mass is 10.2. The molecule has 0 aromatic heterocycles. The number of amidine groups is 1. The van der Waals surface area contributed by atoms with Gasteiger partial charge in [-0.15, -0.1) is 0 Å². The first-order chi connectivity index (χ1) is 8.87. The van der Waals surface area contributed by atoms with Gasteiger partial charge in [0.25, 0.3) is 0 Å². The highest BCUT2D eigenvalue weighted by Crippen LogP contribution is 2.40.